The number of hydrogen-bond acceptors (Lipinski definition) is 2. The van der Waals surface area contributed by atoms with E-state index < -0.39 is 0 Å². The molecule has 0 fully saturated rings. The normalized spacial score (nSPS) is 10.4. The zero-order valence-electron chi connectivity index (χ0n) is 9.22. The summed E-state index contributed by atoms with van der Waals surface area (Å²) in [5.74, 6) is 0. The van der Waals surface area contributed by atoms with Gasteiger partial charge in [0.15, 0.2) is 0 Å². The van der Waals surface area contributed by atoms with Crippen molar-refractivity contribution in [3.8, 4) is 0 Å². The van der Waals surface area contributed by atoms with E-state index in [1.54, 1.807) is 0 Å². The molecule has 0 saturated carbocycles. The molecule has 0 aliphatic heterocycles. The second-order valence-electron chi connectivity index (χ2n) is 3.79. The fraction of sp³-hybridized carbons (Fsp3) is 0. The van der Waals surface area contributed by atoms with Crippen LogP contribution in [0.5, 0.6) is 0 Å². The van der Waals surface area contributed by atoms with Gasteiger partial charge in [-0.15, -0.1) is 0 Å². The minimum Gasteiger partial charge on any atom is -0.355 e. The average Bonchev–Trinajstić information content (AvgIpc) is 2.40. The number of benzene rings is 2. The molecular formula is C15H11N2. The fourth-order valence-electron chi connectivity index (χ4n) is 1.83. The molecule has 0 aliphatic rings. The second-order valence-corrected chi connectivity index (χ2v) is 3.79. The largest absolute Gasteiger partial charge is 0.355 e. The number of nitrogens with zero attached hydrogens (tertiary/aromatic N) is 1. The Balaban J connectivity index is 2.06. The Hall–Kier alpha value is -2.35. The third-order valence-corrected chi connectivity index (χ3v) is 2.65. The first kappa shape index (κ1) is 9.85. The van der Waals surface area contributed by atoms with E-state index in [2.05, 4.69) is 22.4 Å². The van der Waals surface area contributed by atoms with Crippen LogP contribution in [0.4, 0.5) is 11.4 Å². The van der Waals surface area contributed by atoms with Gasteiger partial charge in [-0.05, 0) is 30.3 Å². The maximum absolute atomic E-state index is 4.34. The van der Waals surface area contributed by atoms with Crippen molar-refractivity contribution in [1.82, 2.24) is 4.98 Å². The number of aromatic nitrogens is 1. The molecule has 1 heterocycles. The summed E-state index contributed by atoms with van der Waals surface area (Å²) in [6, 6.07) is 20.9. The SMILES string of the molecule is [c]1ccc(Nc2ccnc3ccccc23)cc1. The third-order valence-electron chi connectivity index (χ3n) is 2.65. The predicted octanol–water partition coefficient (Wildman–Crippen LogP) is 3.78. The summed E-state index contributed by atoms with van der Waals surface area (Å²) in [4.78, 5) is 4.34. The fourth-order valence-corrected chi connectivity index (χ4v) is 1.83. The van der Waals surface area contributed by atoms with E-state index in [0.29, 0.717) is 0 Å². The van der Waals surface area contributed by atoms with Gasteiger partial charge in [-0.25, -0.2) is 0 Å². The smallest absolute Gasteiger partial charge is 0.0722 e. The lowest BCUT2D eigenvalue weighted by molar-refractivity contribution is 1.40. The molecule has 0 spiro atoms. The lowest BCUT2D eigenvalue weighted by atomic mass is 10.2. The first-order valence-corrected chi connectivity index (χ1v) is 5.50. The molecule has 0 aliphatic carbocycles. The molecule has 0 atom stereocenters. The summed E-state index contributed by atoms with van der Waals surface area (Å²) in [5, 5.41) is 4.51. The monoisotopic (exact) mass is 219 g/mol. The van der Waals surface area contributed by atoms with Crippen LogP contribution in [0.1, 0.15) is 0 Å². The summed E-state index contributed by atoms with van der Waals surface area (Å²) in [5.41, 5.74) is 3.13. The average molecular weight is 219 g/mol. The van der Waals surface area contributed by atoms with Crippen LogP contribution in [0.2, 0.25) is 0 Å². The zero-order valence-corrected chi connectivity index (χ0v) is 9.22. The maximum Gasteiger partial charge on any atom is 0.0722 e. The van der Waals surface area contributed by atoms with E-state index in [4.69, 9.17) is 0 Å². The minimum atomic E-state index is 1.000. The van der Waals surface area contributed by atoms with Crippen molar-refractivity contribution in [2.45, 2.75) is 0 Å². The van der Waals surface area contributed by atoms with Crippen LogP contribution in [0.3, 0.4) is 0 Å². The van der Waals surface area contributed by atoms with Crippen LogP contribution >= 0.6 is 0 Å². The Kier molecular flexibility index (Phi) is 2.47. The van der Waals surface area contributed by atoms with Crippen LogP contribution in [-0.4, -0.2) is 4.98 Å². The summed E-state index contributed by atoms with van der Waals surface area (Å²) in [6.45, 7) is 0. The van der Waals surface area contributed by atoms with E-state index in [-0.39, 0.29) is 0 Å². The molecule has 3 rings (SSSR count). The van der Waals surface area contributed by atoms with E-state index in [0.717, 1.165) is 22.3 Å². The molecule has 2 aromatic carbocycles. The number of fused-ring (bicyclic) bond motifs is 1. The van der Waals surface area contributed by atoms with E-state index in [1.165, 1.54) is 0 Å². The Bertz CT molecular complexity index is 627. The maximum atomic E-state index is 4.34. The van der Waals surface area contributed by atoms with Crippen molar-refractivity contribution in [3.05, 3.63) is 66.9 Å². The van der Waals surface area contributed by atoms with E-state index >= 15 is 0 Å². The van der Waals surface area contributed by atoms with Gasteiger partial charge in [0, 0.05) is 23.0 Å². The first-order valence-electron chi connectivity index (χ1n) is 5.50. The molecule has 0 saturated heterocycles. The Morgan fingerprint density at radius 3 is 2.65 bits per heavy atom. The highest BCUT2D eigenvalue weighted by Crippen LogP contribution is 2.24. The highest BCUT2D eigenvalue weighted by molar-refractivity contribution is 5.92. The number of anilines is 2. The van der Waals surface area contributed by atoms with Gasteiger partial charge < -0.3 is 5.32 Å². The van der Waals surface area contributed by atoms with Crippen LogP contribution in [0.25, 0.3) is 10.9 Å². The molecule has 0 unspecified atom stereocenters. The van der Waals surface area contributed by atoms with Crippen molar-refractivity contribution in [2.24, 2.45) is 0 Å². The molecule has 2 heteroatoms. The standard InChI is InChI=1S/C15H11N2/c1-2-6-12(7-3-1)17-15-10-11-16-14-9-5-4-8-13(14)15/h2-11H,(H,16,17). The number of rotatable bonds is 2. The van der Waals surface area contributed by atoms with Crippen molar-refractivity contribution < 1.29 is 0 Å². The van der Waals surface area contributed by atoms with Gasteiger partial charge in [0.2, 0.25) is 0 Å². The molecule has 1 aromatic heterocycles. The van der Waals surface area contributed by atoms with Crippen molar-refractivity contribution in [1.29, 1.82) is 0 Å². The van der Waals surface area contributed by atoms with Crippen LogP contribution in [-0.2, 0) is 0 Å². The lowest BCUT2D eigenvalue weighted by Gasteiger charge is -2.08. The Morgan fingerprint density at radius 2 is 1.76 bits per heavy atom. The van der Waals surface area contributed by atoms with Crippen LogP contribution in [0.15, 0.2) is 60.8 Å². The highest BCUT2D eigenvalue weighted by Gasteiger charge is 2.00. The number of pyridine rings is 1. The summed E-state index contributed by atoms with van der Waals surface area (Å²) in [6.07, 6.45) is 1.82. The minimum absolute atomic E-state index is 1.000. The topological polar surface area (TPSA) is 24.9 Å². The van der Waals surface area contributed by atoms with E-state index in [1.807, 2.05) is 54.7 Å². The highest BCUT2D eigenvalue weighted by atomic mass is 14.9. The Morgan fingerprint density at radius 1 is 0.941 bits per heavy atom. The first-order chi connectivity index (χ1) is 8.43. The van der Waals surface area contributed by atoms with Gasteiger partial charge >= 0.3 is 0 Å². The van der Waals surface area contributed by atoms with Gasteiger partial charge in [0.25, 0.3) is 0 Å². The zero-order chi connectivity index (χ0) is 11.5. The van der Waals surface area contributed by atoms with Gasteiger partial charge in [-0.3, -0.25) is 4.98 Å². The molecule has 81 valence electrons. The summed E-state index contributed by atoms with van der Waals surface area (Å²) >= 11 is 0. The van der Waals surface area contributed by atoms with Crippen LogP contribution in [0, 0.1) is 6.07 Å². The van der Waals surface area contributed by atoms with Gasteiger partial charge in [0.05, 0.1) is 5.52 Å². The van der Waals surface area contributed by atoms with Crippen molar-refractivity contribution >= 4 is 22.3 Å². The third kappa shape index (κ3) is 1.97. The number of nitrogens with one attached hydrogen (secondary N) is 1. The predicted molar refractivity (Wildman–Crippen MR) is 70.3 cm³/mol. The lowest BCUT2D eigenvalue weighted by Crippen LogP contribution is -1.91. The Labute approximate surface area is 99.9 Å². The van der Waals surface area contributed by atoms with Gasteiger partial charge in [-0.2, -0.15) is 0 Å². The molecule has 1 N–H and O–H groups in total. The quantitative estimate of drug-likeness (QED) is 0.709. The molecule has 0 amide bonds. The van der Waals surface area contributed by atoms with Crippen molar-refractivity contribution in [3.63, 3.8) is 0 Å². The molecule has 1 radical (unpaired) electrons. The molecular weight excluding hydrogens is 208 g/mol. The van der Waals surface area contributed by atoms with Crippen LogP contribution < -0.4 is 5.32 Å². The molecule has 2 nitrogen and oxygen atoms in total. The van der Waals surface area contributed by atoms with Gasteiger partial charge in [0.1, 0.15) is 0 Å². The summed E-state index contributed by atoms with van der Waals surface area (Å²) < 4.78 is 0. The summed E-state index contributed by atoms with van der Waals surface area (Å²) in [7, 11) is 0. The van der Waals surface area contributed by atoms with E-state index in [9.17, 15) is 0 Å². The molecule has 0 bridgehead atoms. The van der Waals surface area contributed by atoms with Gasteiger partial charge in [-0.1, -0.05) is 30.3 Å². The second kappa shape index (κ2) is 4.26. The number of para-hydroxylation sites is 1. The molecule has 17 heavy (non-hydrogen) atoms. The number of hydrogen-bond donors (Lipinski definition) is 1. The van der Waals surface area contributed by atoms with Crippen molar-refractivity contribution in [2.75, 3.05) is 5.32 Å². The molecule has 3 aromatic rings.